The average Bonchev–Trinajstić information content (AvgIpc) is 2.58. The molecular formula is C20H42IN5O2. The number of likely N-dealkylation sites (tertiary alicyclic amines) is 1. The van der Waals surface area contributed by atoms with Crippen molar-refractivity contribution in [3.8, 4) is 0 Å². The molecule has 1 aliphatic rings. The summed E-state index contributed by atoms with van der Waals surface area (Å²) in [6.45, 7) is 14.9. The maximum Gasteiger partial charge on any atom is 0.410 e. The lowest BCUT2D eigenvalue weighted by Gasteiger charge is -2.33. The van der Waals surface area contributed by atoms with E-state index in [0.717, 1.165) is 38.4 Å². The van der Waals surface area contributed by atoms with Crippen molar-refractivity contribution in [1.82, 2.24) is 20.4 Å². The van der Waals surface area contributed by atoms with Crippen LogP contribution in [0, 0.1) is 5.92 Å². The zero-order chi connectivity index (χ0) is 20.4. The van der Waals surface area contributed by atoms with Crippen LogP contribution in [0.1, 0.15) is 53.9 Å². The van der Waals surface area contributed by atoms with Gasteiger partial charge in [0.1, 0.15) is 5.60 Å². The predicted octanol–water partition coefficient (Wildman–Crippen LogP) is 3.15. The van der Waals surface area contributed by atoms with E-state index in [-0.39, 0.29) is 36.0 Å². The summed E-state index contributed by atoms with van der Waals surface area (Å²) >= 11 is 0. The molecule has 1 heterocycles. The van der Waals surface area contributed by atoms with E-state index in [2.05, 4.69) is 34.4 Å². The van der Waals surface area contributed by atoms with Crippen LogP contribution in [0.3, 0.4) is 0 Å². The Balaban J connectivity index is 0.00000729. The Morgan fingerprint density at radius 1 is 1.32 bits per heavy atom. The smallest absolute Gasteiger partial charge is 0.410 e. The summed E-state index contributed by atoms with van der Waals surface area (Å²) in [7, 11) is 3.58. The molecule has 1 unspecified atom stereocenters. The molecule has 0 radical (unpaired) electrons. The maximum atomic E-state index is 12.1. The van der Waals surface area contributed by atoms with Gasteiger partial charge in [0.15, 0.2) is 5.96 Å². The summed E-state index contributed by atoms with van der Waals surface area (Å²) in [5.41, 5.74) is -0.467. The van der Waals surface area contributed by atoms with Crippen LogP contribution < -0.4 is 10.6 Å². The summed E-state index contributed by atoms with van der Waals surface area (Å²) < 4.78 is 5.40. The lowest BCUT2D eigenvalue weighted by atomic mass is 10.1. The number of rotatable bonds is 7. The third-order valence-electron chi connectivity index (χ3n) is 4.60. The Bertz CT molecular complexity index is 474. The molecule has 7 nitrogen and oxygen atoms in total. The van der Waals surface area contributed by atoms with Crippen LogP contribution in [-0.4, -0.2) is 80.3 Å². The fourth-order valence-electron chi connectivity index (χ4n) is 3.22. The van der Waals surface area contributed by atoms with Gasteiger partial charge in [-0.2, -0.15) is 0 Å². The number of nitrogens with zero attached hydrogens (tertiary/aromatic N) is 3. The van der Waals surface area contributed by atoms with E-state index in [4.69, 9.17) is 4.74 Å². The van der Waals surface area contributed by atoms with Crippen molar-refractivity contribution in [3.63, 3.8) is 0 Å². The van der Waals surface area contributed by atoms with E-state index in [9.17, 15) is 4.79 Å². The molecule has 0 bridgehead atoms. The van der Waals surface area contributed by atoms with Crippen molar-refractivity contribution < 1.29 is 9.53 Å². The van der Waals surface area contributed by atoms with Crippen LogP contribution in [-0.2, 0) is 4.74 Å². The lowest BCUT2D eigenvalue weighted by molar-refractivity contribution is 0.0278. The summed E-state index contributed by atoms with van der Waals surface area (Å²) in [4.78, 5) is 20.6. The van der Waals surface area contributed by atoms with Crippen molar-refractivity contribution in [3.05, 3.63) is 0 Å². The molecule has 1 fully saturated rings. The Hall–Kier alpha value is -0.770. The van der Waals surface area contributed by atoms with Crippen molar-refractivity contribution >= 4 is 36.0 Å². The van der Waals surface area contributed by atoms with Gasteiger partial charge in [-0.25, -0.2) is 4.79 Å². The first-order valence-electron chi connectivity index (χ1n) is 10.3. The number of hydrogen-bond acceptors (Lipinski definition) is 4. The highest BCUT2D eigenvalue weighted by Gasteiger charge is 2.22. The van der Waals surface area contributed by atoms with Crippen LogP contribution in [0.15, 0.2) is 4.99 Å². The first-order valence-corrected chi connectivity index (χ1v) is 10.3. The molecule has 1 atom stereocenters. The minimum absolute atomic E-state index is 0. The van der Waals surface area contributed by atoms with Crippen molar-refractivity contribution in [2.24, 2.45) is 10.9 Å². The van der Waals surface area contributed by atoms with Gasteiger partial charge in [0.2, 0.25) is 0 Å². The lowest BCUT2D eigenvalue weighted by Crippen LogP contribution is -2.49. The number of aliphatic imine (C=N–C) groups is 1. The Kier molecular flexibility index (Phi) is 13.1. The van der Waals surface area contributed by atoms with Gasteiger partial charge in [0.05, 0.1) is 0 Å². The van der Waals surface area contributed by atoms with Gasteiger partial charge in [0.25, 0.3) is 0 Å². The van der Waals surface area contributed by atoms with E-state index in [1.807, 2.05) is 20.8 Å². The second-order valence-electron chi connectivity index (χ2n) is 8.68. The third kappa shape index (κ3) is 11.3. The van der Waals surface area contributed by atoms with Gasteiger partial charge in [0, 0.05) is 46.3 Å². The van der Waals surface area contributed by atoms with Gasteiger partial charge < -0.3 is 25.2 Å². The minimum Gasteiger partial charge on any atom is -0.444 e. The highest BCUT2D eigenvalue weighted by Crippen LogP contribution is 2.11. The third-order valence-corrected chi connectivity index (χ3v) is 4.60. The number of halogens is 1. The number of piperidine rings is 1. The van der Waals surface area contributed by atoms with Crippen LogP contribution in [0.5, 0.6) is 0 Å². The maximum absolute atomic E-state index is 12.1. The molecule has 2 N–H and O–H groups in total. The predicted molar refractivity (Wildman–Crippen MR) is 128 cm³/mol. The zero-order valence-electron chi connectivity index (χ0n) is 18.9. The van der Waals surface area contributed by atoms with Gasteiger partial charge in [-0.15, -0.1) is 24.0 Å². The molecule has 1 amide bonds. The van der Waals surface area contributed by atoms with Gasteiger partial charge in [-0.3, -0.25) is 4.99 Å². The largest absolute Gasteiger partial charge is 0.444 e. The van der Waals surface area contributed by atoms with Crippen LogP contribution in [0.2, 0.25) is 0 Å². The highest BCUT2D eigenvalue weighted by atomic mass is 127. The quantitative estimate of drug-likeness (QED) is 0.312. The molecule has 0 aliphatic carbocycles. The van der Waals surface area contributed by atoms with Gasteiger partial charge in [-0.05, 0) is 52.5 Å². The molecule has 28 heavy (non-hydrogen) atoms. The number of nitrogens with one attached hydrogen (secondary N) is 2. The standard InChI is InChI=1S/C20H41N5O2.HI/c1-8-11-25-12-9-17(10-13-25)23-18(21-6)22-14-16(2)15-24(7)19(26)27-20(3,4)5;/h16-17H,8-15H2,1-7H3,(H2,21,22,23);1H. The first-order chi connectivity index (χ1) is 12.6. The number of amides is 1. The second kappa shape index (κ2) is 13.5. The van der Waals surface area contributed by atoms with Gasteiger partial charge >= 0.3 is 6.09 Å². The molecule has 0 saturated carbocycles. The van der Waals surface area contributed by atoms with E-state index in [1.165, 1.54) is 13.0 Å². The molecule has 1 rings (SSSR count). The Morgan fingerprint density at radius 2 is 1.93 bits per heavy atom. The van der Waals surface area contributed by atoms with Crippen LogP contribution >= 0.6 is 24.0 Å². The fraction of sp³-hybridized carbons (Fsp3) is 0.900. The van der Waals surface area contributed by atoms with Crippen molar-refractivity contribution in [1.29, 1.82) is 0 Å². The molecule has 1 aliphatic heterocycles. The van der Waals surface area contributed by atoms with E-state index >= 15 is 0 Å². The first kappa shape index (κ1) is 27.2. The molecule has 8 heteroatoms. The average molecular weight is 511 g/mol. The molecule has 1 saturated heterocycles. The number of ether oxygens (including phenoxy) is 1. The second-order valence-corrected chi connectivity index (χ2v) is 8.68. The van der Waals surface area contributed by atoms with Crippen LogP contribution in [0.4, 0.5) is 4.79 Å². The monoisotopic (exact) mass is 511 g/mol. The zero-order valence-corrected chi connectivity index (χ0v) is 21.2. The van der Waals surface area contributed by atoms with E-state index in [1.54, 1.807) is 19.0 Å². The molecule has 0 spiro atoms. The van der Waals surface area contributed by atoms with Crippen LogP contribution in [0.25, 0.3) is 0 Å². The number of carbonyl (C=O) groups excluding carboxylic acids is 1. The van der Waals surface area contributed by atoms with Crippen molar-refractivity contribution in [2.45, 2.75) is 65.5 Å². The molecular weight excluding hydrogens is 469 g/mol. The fourth-order valence-corrected chi connectivity index (χ4v) is 3.22. The molecule has 0 aromatic carbocycles. The normalized spacial score (nSPS) is 17.5. The highest BCUT2D eigenvalue weighted by molar-refractivity contribution is 14.0. The number of carbonyl (C=O) groups is 1. The van der Waals surface area contributed by atoms with Crippen molar-refractivity contribution in [2.75, 3.05) is 46.8 Å². The Labute approximate surface area is 189 Å². The minimum atomic E-state index is -0.467. The van der Waals surface area contributed by atoms with E-state index in [0.29, 0.717) is 12.6 Å². The molecule has 0 aromatic rings. The molecule has 166 valence electrons. The Morgan fingerprint density at radius 3 is 2.43 bits per heavy atom. The summed E-state index contributed by atoms with van der Waals surface area (Å²) in [6.07, 6.45) is 3.24. The topological polar surface area (TPSA) is 69.2 Å². The number of hydrogen-bond donors (Lipinski definition) is 2. The van der Waals surface area contributed by atoms with Gasteiger partial charge in [-0.1, -0.05) is 13.8 Å². The van der Waals surface area contributed by atoms with E-state index < -0.39 is 5.60 Å². The SMILES string of the molecule is CCCN1CCC(NC(=NC)NCC(C)CN(C)C(=O)OC(C)(C)C)CC1.I. The summed E-state index contributed by atoms with van der Waals surface area (Å²) in [6, 6.07) is 0.476. The summed E-state index contributed by atoms with van der Waals surface area (Å²) in [5, 5.41) is 6.93. The molecule has 0 aromatic heterocycles. The number of guanidine groups is 1. The summed E-state index contributed by atoms with van der Waals surface area (Å²) in [5.74, 6) is 1.13.